The molecule has 2 unspecified atom stereocenters. The number of benzene rings is 1. The molecule has 0 saturated carbocycles. The molecule has 2 atom stereocenters. The number of rotatable bonds is 3. The fraction of sp³-hybridized carbons (Fsp3) is 0.611. The maximum absolute atomic E-state index is 12.4. The summed E-state index contributed by atoms with van der Waals surface area (Å²) in [4.78, 5) is 14.3. The summed E-state index contributed by atoms with van der Waals surface area (Å²) >= 11 is 0. The second kappa shape index (κ2) is 7.03. The summed E-state index contributed by atoms with van der Waals surface area (Å²) < 4.78 is 11.6. The Labute approximate surface area is 133 Å². The second-order valence-corrected chi connectivity index (χ2v) is 6.87. The van der Waals surface area contributed by atoms with Gasteiger partial charge in [-0.3, -0.25) is 0 Å². The second-order valence-electron chi connectivity index (χ2n) is 6.87. The molecule has 4 nitrogen and oxygen atoms in total. The Morgan fingerprint density at radius 2 is 1.91 bits per heavy atom. The van der Waals surface area contributed by atoms with Crippen molar-refractivity contribution in [3.05, 3.63) is 30.3 Å². The van der Waals surface area contributed by atoms with Gasteiger partial charge in [0, 0.05) is 6.54 Å². The highest BCUT2D eigenvalue weighted by molar-refractivity contribution is 5.68. The molecular weight excluding hydrogens is 278 g/mol. The third kappa shape index (κ3) is 4.65. The average molecular weight is 305 g/mol. The largest absolute Gasteiger partial charge is 0.489 e. The van der Waals surface area contributed by atoms with E-state index in [0.717, 1.165) is 31.6 Å². The summed E-state index contributed by atoms with van der Waals surface area (Å²) in [6.45, 7) is 8.46. The van der Waals surface area contributed by atoms with Gasteiger partial charge in [-0.25, -0.2) is 4.79 Å². The van der Waals surface area contributed by atoms with Gasteiger partial charge in [-0.05, 0) is 59.1 Å². The maximum atomic E-state index is 12.4. The number of para-hydroxylation sites is 1. The van der Waals surface area contributed by atoms with Crippen LogP contribution in [0.2, 0.25) is 0 Å². The Balaban J connectivity index is 2.04. The van der Waals surface area contributed by atoms with Crippen LogP contribution in [-0.4, -0.2) is 35.3 Å². The van der Waals surface area contributed by atoms with Gasteiger partial charge in [-0.15, -0.1) is 0 Å². The molecule has 1 aromatic carbocycles. The molecule has 1 amide bonds. The van der Waals surface area contributed by atoms with Crippen molar-refractivity contribution in [2.45, 2.75) is 64.7 Å². The van der Waals surface area contributed by atoms with Crippen LogP contribution in [0.4, 0.5) is 4.79 Å². The Morgan fingerprint density at radius 1 is 1.23 bits per heavy atom. The van der Waals surface area contributed by atoms with Crippen molar-refractivity contribution < 1.29 is 14.3 Å². The van der Waals surface area contributed by atoms with Crippen molar-refractivity contribution in [2.75, 3.05) is 6.54 Å². The van der Waals surface area contributed by atoms with E-state index in [2.05, 4.69) is 0 Å². The number of hydrogen-bond acceptors (Lipinski definition) is 3. The van der Waals surface area contributed by atoms with Crippen LogP contribution in [0.3, 0.4) is 0 Å². The molecule has 1 saturated heterocycles. The average Bonchev–Trinajstić information content (AvgIpc) is 2.46. The van der Waals surface area contributed by atoms with E-state index in [4.69, 9.17) is 9.47 Å². The number of likely N-dealkylation sites (tertiary alicyclic amines) is 1. The first-order valence-electron chi connectivity index (χ1n) is 8.08. The summed E-state index contributed by atoms with van der Waals surface area (Å²) in [6, 6.07) is 9.81. The maximum Gasteiger partial charge on any atom is 0.410 e. The fourth-order valence-electron chi connectivity index (χ4n) is 2.78. The van der Waals surface area contributed by atoms with Gasteiger partial charge in [-0.2, -0.15) is 0 Å². The van der Waals surface area contributed by atoms with Crippen LogP contribution < -0.4 is 4.74 Å². The van der Waals surface area contributed by atoms with E-state index in [0.29, 0.717) is 0 Å². The monoisotopic (exact) mass is 305 g/mol. The van der Waals surface area contributed by atoms with Gasteiger partial charge in [-0.1, -0.05) is 18.2 Å². The van der Waals surface area contributed by atoms with Crippen LogP contribution in [0.1, 0.15) is 47.0 Å². The molecule has 0 radical (unpaired) electrons. The van der Waals surface area contributed by atoms with Gasteiger partial charge in [0.1, 0.15) is 17.5 Å². The van der Waals surface area contributed by atoms with E-state index in [1.165, 1.54) is 0 Å². The zero-order valence-electron chi connectivity index (χ0n) is 14.0. The quantitative estimate of drug-likeness (QED) is 0.838. The van der Waals surface area contributed by atoms with E-state index < -0.39 is 5.60 Å². The van der Waals surface area contributed by atoms with Crippen LogP contribution in [0, 0.1) is 0 Å². The molecule has 22 heavy (non-hydrogen) atoms. The van der Waals surface area contributed by atoms with Crippen LogP contribution in [0.15, 0.2) is 30.3 Å². The van der Waals surface area contributed by atoms with Gasteiger partial charge in [0.25, 0.3) is 0 Å². The molecule has 1 fully saturated rings. The molecular formula is C18H27NO3. The highest BCUT2D eigenvalue weighted by Crippen LogP contribution is 2.25. The summed E-state index contributed by atoms with van der Waals surface area (Å²) in [7, 11) is 0. The van der Waals surface area contributed by atoms with Gasteiger partial charge in [0.2, 0.25) is 0 Å². The van der Waals surface area contributed by atoms with Crippen molar-refractivity contribution in [3.8, 4) is 5.75 Å². The molecule has 2 rings (SSSR count). The molecule has 122 valence electrons. The number of hydrogen-bond donors (Lipinski definition) is 0. The van der Waals surface area contributed by atoms with Crippen LogP contribution in [0.5, 0.6) is 5.75 Å². The van der Waals surface area contributed by atoms with Crippen LogP contribution in [-0.2, 0) is 4.74 Å². The highest BCUT2D eigenvalue weighted by Gasteiger charge is 2.34. The lowest BCUT2D eigenvalue weighted by atomic mass is 9.98. The summed E-state index contributed by atoms with van der Waals surface area (Å²) in [5.74, 6) is 0.838. The van der Waals surface area contributed by atoms with Gasteiger partial charge in [0.15, 0.2) is 0 Å². The van der Waals surface area contributed by atoms with Gasteiger partial charge in [0.05, 0.1) is 6.04 Å². The number of ether oxygens (including phenoxy) is 2. The molecule has 0 aromatic heterocycles. The lowest BCUT2D eigenvalue weighted by molar-refractivity contribution is -0.00807. The molecule has 1 aromatic rings. The van der Waals surface area contributed by atoms with Crippen molar-refractivity contribution in [1.82, 2.24) is 4.90 Å². The van der Waals surface area contributed by atoms with Crippen molar-refractivity contribution in [2.24, 2.45) is 0 Å². The molecule has 0 N–H and O–H groups in total. The Kier molecular flexibility index (Phi) is 5.33. The van der Waals surface area contributed by atoms with Gasteiger partial charge >= 0.3 is 6.09 Å². The standard InChI is InChI=1S/C18H27NO3/c1-14(21-15-10-6-5-7-11-15)16-12-8-9-13-19(16)17(20)22-18(2,3)4/h5-7,10-11,14,16H,8-9,12-13H2,1-4H3. The number of carbonyl (C=O) groups is 1. The molecule has 1 aliphatic rings. The summed E-state index contributed by atoms with van der Waals surface area (Å²) in [5.41, 5.74) is -0.470. The smallest absolute Gasteiger partial charge is 0.410 e. The number of nitrogens with zero attached hydrogens (tertiary/aromatic N) is 1. The minimum absolute atomic E-state index is 0.0591. The fourth-order valence-corrected chi connectivity index (χ4v) is 2.78. The van der Waals surface area contributed by atoms with E-state index in [-0.39, 0.29) is 18.2 Å². The van der Waals surface area contributed by atoms with Crippen molar-refractivity contribution in [3.63, 3.8) is 0 Å². The minimum Gasteiger partial charge on any atom is -0.489 e. The Morgan fingerprint density at radius 3 is 2.55 bits per heavy atom. The van der Waals surface area contributed by atoms with E-state index in [1.807, 2.05) is 62.9 Å². The lowest BCUT2D eigenvalue weighted by Crippen LogP contribution is -2.51. The third-order valence-corrected chi connectivity index (χ3v) is 3.78. The normalized spacial score (nSPS) is 20.4. The topological polar surface area (TPSA) is 38.8 Å². The highest BCUT2D eigenvalue weighted by atomic mass is 16.6. The molecule has 0 spiro atoms. The summed E-state index contributed by atoms with van der Waals surface area (Å²) in [5, 5.41) is 0. The van der Waals surface area contributed by atoms with Crippen molar-refractivity contribution >= 4 is 6.09 Å². The lowest BCUT2D eigenvalue weighted by Gasteiger charge is -2.39. The third-order valence-electron chi connectivity index (χ3n) is 3.78. The van der Waals surface area contributed by atoms with Gasteiger partial charge < -0.3 is 14.4 Å². The number of piperidine rings is 1. The Bertz CT molecular complexity index is 481. The molecule has 1 heterocycles. The minimum atomic E-state index is -0.470. The van der Waals surface area contributed by atoms with Crippen LogP contribution >= 0.6 is 0 Å². The molecule has 1 aliphatic heterocycles. The first-order chi connectivity index (χ1) is 10.4. The predicted molar refractivity (Wildman–Crippen MR) is 87.1 cm³/mol. The predicted octanol–water partition coefficient (Wildman–Crippen LogP) is 4.24. The number of carbonyl (C=O) groups excluding carboxylic acids is 1. The van der Waals surface area contributed by atoms with Crippen molar-refractivity contribution in [1.29, 1.82) is 0 Å². The molecule has 0 bridgehead atoms. The SMILES string of the molecule is CC(Oc1ccccc1)C1CCCCN1C(=O)OC(C)(C)C. The molecule has 4 heteroatoms. The Hall–Kier alpha value is -1.71. The first kappa shape index (κ1) is 16.7. The zero-order valence-corrected chi connectivity index (χ0v) is 14.0. The van der Waals surface area contributed by atoms with Crippen LogP contribution in [0.25, 0.3) is 0 Å². The zero-order chi connectivity index (χ0) is 16.2. The molecule has 0 aliphatic carbocycles. The van der Waals surface area contributed by atoms with E-state index in [9.17, 15) is 4.79 Å². The van der Waals surface area contributed by atoms with E-state index in [1.54, 1.807) is 0 Å². The summed E-state index contributed by atoms with van der Waals surface area (Å²) in [6.07, 6.45) is 2.80. The first-order valence-corrected chi connectivity index (χ1v) is 8.08. The van der Waals surface area contributed by atoms with E-state index >= 15 is 0 Å². The number of amides is 1.